The zero-order valence-corrected chi connectivity index (χ0v) is 18.2. The maximum atomic E-state index is 12.9. The van der Waals surface area contributed by atoms with E-state index in [1.807, 2.05) is 0 Å². The van der Waals surface area contributed by atoms with Crippen molar-refractivity contribution in [3.05, 3.63) is 9.81 Å². The fraction of sp³-hybridized carbons (Fsp3) is 0.722. The summed E-state index contributed by atoms with van der Waals surface area (Å²) in [5.74, 6) is 1.11. The van der Waals surface area contributed by atoms with E-state index < -0.39 is 35.5 Å². The van der Waals surface area contributed by atoms with Crippen LogP contribution in [-0.2, 0) is 23.8 Å². The molecule has 2 heterocycles. The zero-order valence-electron chi connectivity index (χ0n) is 16.6. The fourth-order valence-corrected chi connectivity index (χ4v) is 5.31. The number of nitrogens with zero attached hydrogens (tertiary/aromatic N) is 1. The van der Waals surface area contributed by atoms with Gasteiger partial charge in [-0.05, 0) is 34.6 Å². The molecular formula is C18H27NO6S2. The molecule has 2 aliphatic rings. The lowest BCUT2D eigenvalue weighted by Gasteiger charge is -2.38. The van der Waals surface area contributed by atoms with Gasteiger partial charge in [0.1, 0.15) is 17.4 Å². The number of esters is 1. The van der Waals surface area contributed by atoms with Crippen LogP contribution < -0.4 is 0 Å². The molecule has 0 N–H and O–H groups in total. The van der Waals surface area contributed by atoms with Crippen LogP contribution in [-0.4, -0.2) is 64.8 Å². The first-order chi connectivity index (χ1) is 12.5. The minimum Gasteiger partial charge on any atom is -0.455 e. The molecule has 0 aliphatic carbocycles. The van der Waals surface area contributed by atoms with Gasteiger partial charge >= 0.3 is 12.1 Å². The molecule has 27 heavy (non-hydrogen) atoms. The molecule has 2 rings (SSSR count). The van der Waals surface area contributed by atoms with Crippen LogP contribution in [0, 0.1) is 0 Å². The number of allylic oxidation sites excluding steroid dienone is 1. The molecule has 9 heteroatoms. The van der Waals surface area contributed by atoms with E-state index in [9.17, 15) is 14.4 Å². The molecule has 1 saturated heterocycles. The summed E-state index contributed by atoms with van der Waals surface area (Å²) in [5.41, 5.74) is -1.61. The Hall–Kier alpha value is -1.19. The first kappa shape index (κ1) is 22.1. The summed E-state index contributed by atoms with van der Waals surface area (Å²) in [6.45, 7) is 10.4. The van der Waals surface area contributed by atoms with Crippen molar-refractivity contribution in [3.63, 3.8) is 0 Å². The number of rotatable bonds is 4. The van der Waals surface area contributed by atoms with Crippen LogP contribution in [0.4, 0.5) is 4.79 Å². The second-order valence-electron chi connectivity index (χ2n) is 7.75. The zero-order chi connectivity index (χ0) is 20.4. The molecule has 2 aliphatic heterocycles. The molecule has 1 amide bonds. The van der Waals surface area contributed by atoms with Gasteiger partial charge in [0.2, 0.25) is 0 Å². The van der Waals surface area contributed by atoms with E-state index in [1.54, 1.807) is 34.6 Å². The lowest BCUT2D eigenvalue weighted by Crippen LogP contribution is -2.54. The summed E-state index contributed by atoms with van der Waals surface area (Å²) >= 11 is 2.90. The van der Waals surface area contributed by atoms with Gasteiger partial charge in [0.05, 0.1) is 11.5 Å². The minimum atomic E-state index is -0.931. The lowest BCUT2D eigenvalue weighted by atomic mass is 10.1. The minimum absolute atomic E-state index is 0.172. The third kappa shape index (κ3) is 5.42. The van der Waals surface area contributed by atoms with Crippen molar-refractivity contribution in [2.45, 2.75) is 65.0 Å². The van der Waals surface area contributed by atoms with Crippen molar-refractivity contribution < 1.29 is 28.6 Å². The predicted octanol–water partition coefficient (Wildman–Crippen LogP) is 3.18. The molecule has 2 atom stereocenters. The van der Waals surface area contributed by atoms with Gasteiger partial charge < -0.3 is 14.2 Å². The monoisotopic (exact) mass is 417 g/mol. The van der Waals surface area contributed by atoms with Crippen LogP contribution in [0.15, 0.2) is 9.81 Å². The number of thioether (sulfide) groups is 2. The molecule has 0 aromatic heterocycles. The van der Waals surface area contributed by atoms with E-state index in [2.05, 4.69) is 0 Å². The van der Waals surface area contributed by atoms with E-state index >= 15 is 0 Å². The Balaban J connectivity index is 2.43. The van der Waals surface area contributed by atoms with Crippen LogP contribution in [0.5, 0.6) is 0 Å². The molecule has 0 spiro atoms. The van der Waals surface area contributed by atoms with Gasteiger partial charge in [-0.1, -0.05) is 0 Å². The van der Waals surface area contributed by atoms with Crippen molar-refractivity contribution >= 4 is 41.9 Å². The molecule has 0 unspecified atom stereocenters. The normalized spacial score (nSPS) is 23.8. The Labute approximate surface area is 168 Å². The second-order valence-corrected chi connectivity index (χ2v) is 10.0. The average Bonchev–Trinajstić information content (AvgIpc) is 2.86. The summed E-state index contributed by atoms with van der Waals surface area (Å²) in [5, 5.41) is 0. The van der Waals surface area contributed by atoms with Crippen molar-refractivity contribution in [1.29, 1.82) is 0 Å². The number of carbonyl (C=O) groups is 3. The first-order valence-electron chi connectivity index (χ1n) is 8.74. The van der Waals surface area contributed by atoms with E-state index in [-0.39, 0.29) is 6.61 Å². The van der Waals surface area contributed by atoms with Gasteiger partial charge in [0.25, 0.3) is 0 Å². The summed E-state index contributed by atoms with van der Waals surface area (Å²) in [6.07, 6.45) is -0.551. The van der Waals surface area contributed by atoms with Crippen molar-refractivity contribution in [1.82, 2.24) is 4.90 Å². The van der Waals surface area contributed by atoms with Crippen LogP contribution in [0.1, 0.15) is 41.5 Å². The number of aldehydes is 1. The Morgan fingerprint density at radius 1 is 1.30 bits per heavy atom. The summed E-state index contributed by atoms with van der Waals surface area (Å²) in [7, 11) is 0. The molecule has 0 aromatic rings. The maximum absolute atomic E-state index is 12.9. The summed E-state index contributed by atoms with van der Waals surface area (Å²) < 4.78 is 17.0. The first-order valence-corrected chi connectivity index (χ1v) is 10.7. The smallest absolute Gasteiger partial charge is 0.413 e. The molecule has 0 aromatic carbocycles. The topological polar surface area (TPSA) is 82.1 Å². The van der Waals surface area contributed by atoms with Gasteiger partial charge in [-0.2, -0.15) is 0 Å². The molecule has 0 radical (unpaired) electrons. The van der Waals surface area contributed by atoms with Crippen molar-refractivity contribution in [3.8, 4) is 0 Å². The molecular weight excluding hydrogens is 390 g/mol. The third-order valence-electron chi connectivity index (χ3n) is 3.96. The SMILES string of the molecule is CC(=O)O[C@H](C1=C(C=O)SCCS1)[C@@H]1COC(C)(C)N1C(=O)OC(C)(C)C. The highest BCUT2D eigenvalue weighted by atomic mass is 32.2. The number of hydrogen-bond acceptors (Lipinski definition) is 8. The average molecular weight is 418 g/mol. The van der Waals surface area contributed by atoms with E-state index in [0.29, 0.717) is 9.81 Å². The van der Waals surface area contributed by atoms with Crippen LogP contribution >= 0.6 is 23.5 Å². The van der Waals surface area contributed by atoms with Crippen LogP contribution in [0.25, 0.3) is 0 Å². The lowest BCUT2D eigenvalue weighted by molar-refractivity contribution is -0.147. The third-order valence-corrected chi connectivity index (χ3v) is 6.55. The van der Waals surface area contributed by atoms with Crippen molar-refractivity contribution in [2.75, 3.05) is 18.1 Å². The van der Waals surface area contributed by atoms with E-state index in [1.165, 1.54) is 35.3 Å². The molecule has 152 valence electrons. The molecule has 0 saturated carbocycles. The summed E-state index contributed by atoms with van der Waals surface area (Å²) in [6, 6.07) is -0.588. The number of ether oxygens (including phenoxy) is 3. The Bertz CT molecular complexity index is 640. The molecule has 1 fully saturated rings. The van der Waals surface area contributed by atoms with Gasteiger partial charge in [-0.15, -0.1) is 23.5 Å². The second kappa shape index (κ2) is 8.45. The van der Waals surface area contributed by atoms with Crippen molar-refractivity contribution in [2.24, 2.45) is 0 Å². The molecule has 7 nitrogen and oxygen atoms in total. The number of hydrogen-bond donors (Lipinski definition) is 0. The molecule has 0 bridgehead atoms. The highest BCUT2D eigenvalue weighted by Gasteiger charge is 2.51. The largest absolute Gasteiger partial charge is 0.455 e. The van der Waals surface area contributed by atoms with Gasteiger partial charge in [-0.25, -0.2) is 4.79 Å². The van der Waals surface area contributed by atoms with E-state index in [0.717, 1.165) is 17.8 Å². The number of carbonyl (C=O) groups excluding carboxylic acids is 3. The fourth-order valence-electron chi connectivity index (χ4n) is 2.97. The highest BCUT2D eigenvalue weighted by Crippen LogP contribution is 2.41. The van der Waals surface area contributed by atoms with Gasteiger partial charge in [0.15, 0.2) is 12.4 Å². The van der Waals surface area contributed by atoms with E-state index in [4.69, 9.17) is 14.2 Å². The van der Waals surface area contributed by atoms with Crippen LogP contribution in [0.2, 0.25) is 0 Å². The van der Waals surface area contributed by atoms with Gasteiger partial charge in [0, 0.05) is 23.3 Å². The highest BCUT2D eigenvalue weighted by molar-refractivity contribution is 8.10. The maximum Gasteiger partial charge on any atom is 0.413 e. The quantitative estimate of drug-likeness (QED) is 0.510. The standard InChI is InChI=1S/C18H27NO6S2/c1-11(21)24-14(15-13(9-20)26-7-8-27-15)12-10-23-18(5,6)19(12)16(22)25-17(2,3)4/h9,12,14H,7-8,10H2,1-6H3/t12-,14-/m0/s1. The Morgan fingerprint density at radius 2 is 1.93 bits per heavy atom. The number of amides is 1. The summed E-state index contributed by atoms with van der Waals surface area (Å²) in [4.78, 5) is 38.9. The van der Waals surface area contributed by atoms with Crippen LogP contribution in [0.3, 0.4) is 0 Å². The predicted molar refractivity (Wildman–Crippen MR) is 105 cm³/mol. The Morgan fingerprint density at radius 3 is 2.48 bits per heavy atom. The Kier molecular flexibility index (Phi) is 6.91. The van der Waals surface area contributed by atoms with Gasteiger partial charge in [-0.3, -0.25) is 14.5 Å².